The van der Waals surface area contributed by atoms with Crippen molar-refractivity contribution in [2.45, 2.75) is 33.0 Å². The van der Waals surface area contributed by atoms with E-state index < -0.39 is 0 Å². The summed E-state index contributed by atoms with van der Waals surface area (Å²) in [6, 6.07) is 16.3. The molecule has 0 aliphatic heterocycles. The molecule has 0 aliphatic rings. The van der Waals surface area contributed by atoms with E-state index in [1.807, 2.05) is 24.3 Å². The minimum atomic E-state index is -0.102. The van der Waals surface area contributed by atoms with E-state index in [9.17, 15) is 0 Å². The predicted octanol–water partition coefficient (Wildman–Crippen LogP) is 7.09. The molecule has 0 unspecified atom stereocenters. The van der Waals surface area contributed by atoms with Gasteiger partial charge in [0, 0.05) is 42.3 Å². The van der Waals surface area contributed by atoms with Crippen molar-refractivity contribution in [3.63, 3.8) is 0 Å². The van der Waals surface area contributed by atoms with Crippen LogP contribution in [0.25, 0.3) is 11.1 Å². The molecule has 21 heavy (non-hydrogen) atoms. The summed E-state index contributed by atoms with van der Waals surface area (Å²) < 4.78 is 5.76. The van der Waals surface area contributed by atoms with Crippen molar-refractivity contribution in [2.24, 2.45) is 0 Å². The molecule has 0 saturated carbocycles. The van der Waals surface area contributed by atoms with Gasteiger partial charge in [-0.1, -0.05) is 48.0 Å². The third-order valence-corrected chi connectivity index (χ3v) is 3.06. The van der Waals surface area contributed by atoms with Crippen LogP contribution in [0.3, 0.4) is 0 Å². The van der Waals surface area contributed by atoms with Gasteiger partial charge in [-0.3, -0.25) is 0 Å². The zero-order valence-electron chi connectivity index (χ0n) is 12.4. The van der Waals surface area contributed by atoms with E-state index in [2.05, 4.69) is 82.3 Å². The van der Waals surface area contributed by atoms with Crippen LogP contribution < -0.4 is 0 Å². The Bertz CT molecular complexity index is 530. The molecule has 0 heterocycles. The highest BCUT2D eigenvalue weighted by Crippen LogP contribution is 2.22. The van der Waals surface area contributed by atoms with Gasteiger partial charge in [0.15, 0.2) is 0 Å². The Labute approximate surface area is 155 Å². The normalized spacial score (nSPS) is 10.8. The number of hydrogen-bond acceptors (Lipinski definition) is 1. The smallest absolute Gasteiger partial charge is 0.0724 e. The van der Waals surface area contributed by atoms with E-state index >= 15 is 0 Å². The van der Waals surface area contributed by atoms with E-state index in [4.69, 9.17) is 16.3 Å². The molecule has 0 aliphatic carbocycles. The van der Waals surface area contributed by atoms with Crippen LogP contribution in [0.15, 0.2) is 48.5 Å². The fourth-order valence-electron chi connectivity index (χ4n) is 1.74. The second-order valence-corrected chi connectivity index (χ2v) is 6.04. The highest BCUT2D eigenvalue weighted by molar-refractivity contribution is 15.0. The lowest BCUT2D eigenvalue weighted by atomic mass is 10.0. The first-order valence-electron chi connectivity index (χ1n) is 6.57. The Kier molecular flexibility index (Phi) is 8.52. The van der Waals surface area contributed by atoms with Gasteiger partial charge < -0.3 is 4.74 Å². The van der Waals surface area contributed by atoms with Crippen molar-refractivity contribution in [1.29, 1.82) is 0 Å². The molecule has 4 heteroatoms. The monoisotopic (exact) mass is 528 g/mol. The van der Waals surface area contributed by atoms with Crippen molar-refractivity contribution in [3.8, 4) is 11.1 Å². The average Bonchev–Trinajstić information content (AvgIpc) is 2.48. The zero-order valence-corrected chi connectivity index (χ0v) is 17.4. The Morgan fingerprint density at radius 3 is 1.71 bits per heavy atom. The summed E-state index contributed by atoms with van der Waals surface area (Å²) >= 11 is 10.1. The number of benzene rings is 2. The van der Waals surface area contributed by atoms with Crippen LogP contribution in [-0.2, 0) is 11.3 Å². The SMILES string of the molecule is CC(C)(C)OCc1ccc(-c2ccc(Cl)cc2)cc1.II. The third-order valence-electron chi connectivity index (χ3n) is 2.80. The molecular weight excluding hydrogens is 509 g/mol. The van der Waals surface area contributed by atoms with Crippen LogP contribution in [0.1, 0.15) is 26.3 Å². The molecule has 0 fully saturated rings. The standard InChI is InChI=1S/C17H19ClO.I2/c1-17(2,3)19-12-13-4-6-14(7-5-13)15-8-10-16(18)11-9-15;1-2/h4-11H,12H2,1-3H3;. The highest BCUT2D eigenvalue weighted by Gasteiger charge is 2.09. The fourth-order valence-corrected chi connectivity index (χ4v) is 1.86. The Balaban J connectivity index is 0.00000106. The summed E-state index contributed by atoms with van der Waals surface area (Å²) in [4.78, 5) is 0. The lowest BCUT2D eigenvalue weighted by Gasteiger charge is -2.19. The third kappa shape index (κ3) is 7.30. The molecular formula is C17H19ClI2O. The van der Waals surface area contributed by atoms with Gasteiger partial charge in [-0.15, -0.1) is 0 Å². The minimum Gasteiger partial charge on any atom is -0.371 e. The molecule has 1 nitrogen and oxygen atoms in total. The average molecular weight is 529 g/mol. The van der Waals surface area contributed by atoms with E-state index in [-0.39, 0.29) is 5.60 Å². The summed E-state index contributed by atoms with van der Waals surface area (Å²) in [6.45, 7) is 6.84. The van der Waals surface area contributed by atoms with Crippen LogP contribution in [0.4, 0.5) is 0 Å². The molecule has 2 aromatic rings. The lowest BCUT2D eigenvalue weighted by Crippen LogP contribution is -2.18. The van der Waals surface area contributed by atoms with Gasteiger partial charge in [-0.05, 0) is 49.6 Å². The number of rotatable bonds is 3. The maximum Gasteiger partial charge on any atom is 0.0724 e. The molecule has 0 atom stereocenters. The Morgan fingerprint density at radius 1 is 0.857 bits per heavy atom. The van der Waals surface area contributed by atoms with Crippen LogP contribution in [-0.4, -0.2) is 5.60 Å². The van der Waals surface area contributed by atoms with Gasteiger partial charge in [-0.2, -0.15) is 0 Å². The van der Waals surface area contributed by atoms with Crippen molar-refractivity contribution in [2.75, 3.05) is 0 Å². The first-order valence-corrected chi connectivity index (χ1v) is 13.2. The molecule has 114 valence electrons. The summed E-state index contributed by atoms with van der Waals surface area (Å²) in [6.07, 6.45) is 0. The van der Waals surface area contributed by atoms with Crippen molar-refractivity contribution in [1.82, 2.24) is 0 Å². The molecule has 0 radical (unpaired) electrons. The predicted molar refractivity (Wildman–Crippen MR) is 109 cm³/mol. The molecule has 0 saturated heterocycles. The van der Waals surface area contributed by atoms with Crippen molar-refractivity contribution >= 4 is 48.8 Å². The van der Waals surface area contributed by atoms with Gasteiger partial charge in [-0.25, -0.2) is 0 Å². The van der Waals surface area contributed by atoms with Crippen LogP contribution in [0.2, 0.25) is 5.02 Å². The summed E-state index contributed by atoms with van der Waals surface area (Å²) in [5.41, 5.74) is 3.45. The Morgan fingerprint density at radius 2 is 1.29 bits per heavy atom. The molecule has 0 spiro atoms. The molecule has 0 bridgehead atoms. The van der Waals surface area contributed by atoms with Crippen molar-refractivity contribution in [3.05, 3.63) is 59.1 Å². The second-order valence-electron chi connectivity index (χ2n) is 5.60. The fraction of sp³-hybridized carbons (Fsp3) is 0.294. The highest BCUT2D eigenvalue weighted by atomic mass is 128. The summed E-state index contributed by atoms with van der Waals surface area (Å²) in [5, 5.41) is 0.763. The number of halogens is 3. The van der Waals surface area contributed by atoms with Crippen LogP contribution in [0.5, 0.6) is 0 Å². The van der Waals surface area contributed by atoms with E-state index in [1.54, 1.807) is 0 Å². The maximum atomic E-state index is 5.89. The van der Waals surface area contributed by atoms with Crippen molar-refractivity contribution < 1.29 is 4.74 Å². The van der Waals surface area contributed by atoms with Gasteiger partial charge >= 0.3 is 0 Å². The molecule has 0 aromatic heterocycles. The molecule has 0 N–H and O–H groups in total. The van der Waals surface area contributed by atoms with E-state index in [0.29, 0.717) is 6.61 Å². The lowest BCUT2D eigenvalue weighted by molar-refractivity contribution is -0.0149. The topological polar surface area (TPSA) is 9.23 Å². The van der Waals surface area contributed by atoms with Gasteiger partial charge in [0.1, 0.15) is 0 Å². The van der Waals surface area contributed by atoms with Gasteiger partial charge in [0.25, 0.3) is 0 Å². The van der Waals surface area contributed by atoms with E-state index in [0.717, 1.165) is 5.02 Å². The number of ether oxygens (including phenoxy) is 1. The maximum absolute atomic E-state index is 5.89. The summed E-state index contributed by atoms with van der Waals surface area (Å²) in [5.74, 6) is 0. The largest absolute Gasteiger partial charge is 0.371 e. The molecule has 2 rings (SSSR count). The first-order chi connectivity index (χ1) is 9.94. The zero-order chi connectivity index (χ0) is 15.9. The van der Waals surface area contributed by atoms with Crippen LogP contribution >= 0.6 is 48.8 Å². The van der Waals surface area contributed by atoms with Gasteiger partial charge in [0.2, 0.25) is 0 Å². The van der Waals surface area contributed by atoms with E-state index in [1.165, 1.54) is 16.7 Å². The molecule has 2 aromatic carbocycles. The minimum absolute atomic E-state index is 0.102. The molecule has 0 amide bonds. The van der Waals surface area contributed by atoms with Gasteiger partial charge in [0.05, 0.1) is 12.2 Å². The van der Waals surface area contributed by atoms with Crippen LogP contribution in [0, 0.1) is 0 Å². The number of hydrogen-bond donors (Lipinski definition) is 0. The quantitative estimate of drug-likeness (QED) is 0.387. The second kappa shape index (κ2) is 9.33. The first kappa shape index (κ1) is 19.2. The Hall–Kier alpha value is 0.150. The summed E-state index contributed by atoms with van der Waals surface area (Å²) in [7, 11) is 0.